The van der Waals surface area contributed by atoms with Gasteiger partial charge in [0.2, 0.25) is 0 Å². The summed E-state index contributed by atoms with van der Waals surface area (Å²) in [5, 5.41) is 0.717. The third kappa shape index (κ3) is 2.46. The number of rotatable bonds is 2. The lowest BCUT2D eigenvalue weighted by Crippen LogP contribution is -1.84. The maximum absolute atomic E-state index is 5.87. The van der Waals surface area contributed by atoms with Gasteiger partial charge in [-0.15, -0.1) is 0 Å². The van der Waals surface area contributed by atoms with Gasteiger partial charge in [0.05, 0.1) is 11.9 Å². The number of nitrogens with one attached hydrogen (secondary N) is 1. The summed E-state index contributed by atoms with van der Waals surface area (Å²) < 4.78 is 0. The molecule has 0 saturated heterocycles. The van der Waals surface area contributed by atoms with Crippen molar-refractivity contribution in [2.45, 2.75) is 0 Å². The van der Waals surface area contributed by atoms with Crippen LogP contribution < -0.4 is 5.73 Å². The Balaban J connectivity index is 1.95. The highest BCUT2D eigenvalue weighted by Crippen LogP contribution is 2.23. The van der Waals surface area contributed by atoms with Crippen molar-refractivity contribution < 1.29 is 0 Å². The molecule has 3 nitrogen and oxygen atoms in total. The molecule has 0 amide bonds. The standard InChI is InChI=1S/C15H12ClN3/c16-12-5-1-11(2-6-12)15-18-9-14(19-15)10-3-7-13(17)8-4-10/h1-9H,17H2,(H,18,19). The van der Waals surface area contributed by atoms with Crippen molar-refractivity contribution in [1.82, 2.24) is 9.97 Å². The smallest absolute Gasteiger partial charge is 0.137 e. The van der Waals surface area contributed by atoms with E-state index >= 15 is 0 Å². The molecule has 0 bridgehead atoms. The number of halogens is 1. The molecule has 1 aromatic heterocycles. The first-order valence-electron chi connectivity index (χ1n) is 5.89. The van der Waals surface area contributed by atoms with E-state index in [9.17, 15) is 0 Å². The first-order valence-corrected chi connectivity index (χ1v) is 6.27. The van der Waals surface area contributed by atoms with E-state index in [4.69, 9.17) is 17.3 Å². The maximum Gasteiger partial charge on any atom is 0.137 e. The largest absolute Gasteiger partial charge is 0.399 e. The van der Waals surface area contributed by atoms with Crippen LogP contribution in [0.25, 0.3) is 22.6 Å². The molecule has 0 fully saturated rings. The van der Waals surface area contributed by atoms with Crippen molar-refractivity contribution in [2.24, 2.45) is 0 Å². The van der Waals surface area contributed by atoms with E-state index in [0.29, 0.717) is 5.02 Å². The van der Waals surface area contributed by atoms with E-state index in [0.717, 1.165) is 28.3 Å². The van der Waals surface area contributed by atoms with Gasteiger partial charge in [-0.2, -0.15) is 0 Å². The van der Waals surface area contributed by atoms with Gasteiger partial charge >= 0.3 is 0 Å². The Morgan fingerprint density at radius 3 is 2.21 bits per heavy atom. The summed E-state index contributed by atoms with van der Waals surface area (Å²) in [6.07, 6.45) is 1.81. The van der Waals surface area contributed by atoms with E-state index in [1.165, 1.54) is 0 Å². The van der Waals surface area contributed by atoms with Crippen LogP contribution in [-0.4, -0.2) is 9.97 Å². The highest BCUT2D eigenvalue weighted by Gasteiger charge is 2.05. The number of hydrogen-bond donors (Lipinski definition) is 2. The Hall–Kier alpha value is -2.26. The van der Waals surface area contributed by atoms with Gasteiger partial charge in [-0.05, 0) is 42.0 Å². The van der Waals surface area contributed by atoms with Crippen LogP contribution in [0.3, 0.4) is 0 Å². The summed E-state index contributed by atoms with van der Waals surface area (Å²) in [6, 6.07) is 15.3. The van der Waals surface area contributed by atoms with E-state index in [1.54, 1.807) is 0 Å². The van der Waals surface area contributed by atoms with E-state index in [-0.39, 0.29) is 0 Å². The van der Waals surface area contributed by atoms with Crippen LogP contribution >= 0.6 is 11.6 Å². The molecule has 0 aliphatic rings. The number of imidazole rings is 1. The molecule has 0 spiro atoms. The number of nitrogen functional groups attached to an aromatic ring is 1. The molecular formula is C15H12ClN3. The molecule has 19 heavy (non-hydrogen) atoms. The second-order valence-corrected chi connectivity index (χ2v) is 4.71. The molecule has 1 heterocycles. The fourth-order valence-corrected chi connectivity index (χ4v) is 2.01. The lowest BCUT2D eigenvalue weighted by Gasteiger charge is -1.99. The number of nitrogens with two attached hydrogens (primary N) is 1. The van der Waals surface area contributed by atoms with Gasteiger partial charge in [0.1, 0.15) is 5.82 Å². The summed E-state index contributed by atoms with van der Waals surface area (Å²) >= 11 is 5.87. The molecule has 0 atom stereocenters. The van der Waals surface area contributed by atoms with Crippen molar-refractivity contribution in [3.63, 3.8) is 0 Å². The topological polar surface area (TPSA) is 54.7 Å². The zero-order valence-electron chi connectivity index (χ0n) is 10.1. The Labute approximate surface area is 116 Å². The van der Waals surface area contributed by atoms with Gasteiger partial charge in [0, 0.05) is 16.3 Å². The maximum atomic E-state index is 5.87. The number of nitrogens with zero attached hydrogens (tertiary/aromatic N) is 1. The van der Waals surface area contributed by atoms with E-state index < -0.39 is 0 Å². The quantitative estimate of drug-likeness (QED) is 0.692. The lowest BCUT2D eigenvalue weighted by atomic mass is 10.1. The molecule has 0 aliphatic carbocycles. The second kappa shape index (κ2) is 4.78. The van der Waals surface area contributed by atoms with Crippen molar-refractivity contribution in [1.29, 1.82) is 0 Å². The Kier molecular flexibility index (Phi) is 2.97. The number of hydrogen-bond acceptors (Lipinski definition) is 2. The normalized spacial score (nSPS) is 10.6. The summed E-state index contributed by atoms with van der Waals surface area (Å²) in [4.78, 5) is 7.67. The lowest BCUT2D eigenvalue weighted by molar-refractivity contribution is 1.31. The van der Waals surface area contributed by atoms with Crippen LogP contribution in [0.4, 0.5) is 5.69 Å². The Bertz CT molecular complexity index is 624. The molecule has 0 radical (unpaired) electrons. The number of aromatic amines is 1. The number of benzene rings is 2. The highest BCUT2D eigenvalue weighted by atomic mass is 35.5. The van der Waals surface area contributed by atoms with Crippen LogP contribution in [0, 0.1) is 0 Å². The fraction of sp³-hybridized carbons (Fsp3) is 0. The van der Waals surface area contributed by atoms with Gasteiger partial charge in [-0.3, -0.25) is 0 Å². The molecule has 4 heteroatoms. The minimum absolute atomic E-state index is 0.717. The SMILES string of the molecule is Nc1ccc(-c2cnc(-c3ccc(Cl)cc3)[nH]2)cc1. The van der Waals surface area contributed by atoms with E-state index in [1.807, 2.05) is 54.7 Å². The predicted octanol–water partition coefficient (Wildman–Crippen LogP) is 3.98. The summed E-state index contributed by atoms with van der Waals surface area (Å²) in [5.74, 6) is 0.823. The molecule has 3 rings (SSSR count). The van der Waals surface area contributed by atoms with Crippen LogP contribution in [0.15, 0.2) is 54.7 Å². The van der Waals surface area contributed by atoms with Crippen LogP contribution in [0.1, 0.15) is 0 Å². The molecule has 3 aromatic rings. The van der Waals surface area contributed by atoms with Crippen LogP contribution in [-0.2, 0) is 0 Å². The van der Waals surface area contributed by atoms with Gasteiger partial charge in [-0.25, -0.2) is 4.98 Å². The highest BCUT2D eigenvalue weighted by molar-refractivity contribution is 6.30. The van der Waals surface area contributed by atoms with Gasteiger partial charge in [0.25, 0.3) is 0 Å². The van der Waals surface area contributed by atoms with Crippen molar-refractivity contribution in [2.75, 3.05) is 5.73 Å². The fourth-order valence-electron chi connectivity index (χ4n) is 1.89. The van der Waals surface area contributed by atoms with Crippen molar-refractivity contribution >= 4 is 17.3 Å². The monoisotopic (exact) mass is 269 g/mol. The minimum atomic E-state index is 0.717. The summed E-state index contributed by atoms with van der Waals surface area (Å²) in [5.41, 5.74) is 9.45. The summed E-state index contributed by atoms with van der Waals surface area (Å²) in [6.45, 7) is 0. The second-order valence-electron chi connectivity index (χ2n) is 4.27. The first-order chi connectivity index (χ1) is 9.22. The average Bonchev–Trinajstić information content (AvgIpc) is 2.90. The number of anilines is 1. The first kappa shape index (κ1) is 11.8. The number of aromatic nitrogens is 2. The zero-order chi connectivity index (χ0) is 13.2. The minimum Gasteiger partial charge on any atom is -0.399 e. The molecule has 3 N–H and O–H groups in total. The molecule has 0 unspecified atom stereocenters. The Morgan fingerprint density at radius 2 is 1.53 bits per heavy atom. The van der Waals surface area contributed by atoms with Crippen LogP contribution in [0.5, 0.6) is 0 Å². The molecule has 2 aromatic carbocycles. The third-order valence-corrected chi connectivity index (χ3v) is 3.17. The predicted molar refractivity (Wildman–Crippen MR) is 78.9 cm³/mol. The Morgan fingerprint density at radius 1 is 0.895 bits per heavy atom. The van der Waals surface area contributed by atoms with Crippen LogP contribution in [0.2, 0.25) is 5.02 Å². The van der Waals surface area contributed by atoms with Crippen molar-refractivity contribution in [3.8, 4) is 22.6 Å². The number of H-pyrrole nitrogens is 1. The van der Waals surface area contributed by atoms with E-state index in [2.05, 4.69) is 9.97 Å². The zero-order valence-corrected chi connectivity index (χ0v) is 10.9. The van der Waals surface area contributed by atoms with Gasteiger partial charge in [-0.1, -0.05) is 23.7 Å². The molecule has 0 aliphatic heterocycles. The molecule has 94 valence electrons. The van der Waals surface area contributed by atoms with Gasteiger partial charge < -0.3 is 10.7 Å². The molecule has 0 saturated carbocycles. The average molecular weight is 270 g/mol. The van der Waals surface area contributed by atoms with Gasteiger partial charge in [0.15, 0.2) is 0 Å². The summed E-state index contributed by atoms with van der Waals surface area (Å²) in [7, 11) is 0. The van der Waals surface area contributed by atoms with Crippen molar-refractivity contribution in [3.05, 3.63) is 59.8 Å². The molecular weight excluding hydrogens is 258 g/mol. The third-order valence-electron chi connectivity index (χ3n) is 2.92.